The first-order valence-electron chi connectivity index (χ1n) is 8.20. The van der Waals surface area contributed by atoms with Crippen LogP contribution in [0.5, 0.6) is 0 Å². The Morgan fingerprint density at radius 1 is 1.03 bits per heavy atom. The van der Waals surface area contributed by atoms with Crippen molar-refractivity contribution in [2.24, 2.45) is 0 Å². The lowest BCUT2D eigenvalue weighted by atomic mass is 10.1. The van der Waals surface area contributed by atoms with Gasteiger partial charge in [-0.2, -0.15) is 26.3 Å². The summed E-state index contributed by atoms with van der Waals surface area (Å²) in [5, 5.41) is 12.7. The summed E-state index contributed by atoms with van der Waals surface area (Å²) in [6.07, 6.45) is -10.2. The number of nitrogens with one attached hydrogen (secondary N) is 1. The van der Waals surface area contributed by atoms with Crippen LogP contribution in [0.2, 0.25) is 0 Å². The highest BCUT2D eigenvalue weighted by atomic mass is 19.4. The van der Waals surface area contributed by atoms with Gasteiger partial charge in [-0.05, 0) is 31.2 Å². The molecule has 0 aliphatic rings. The highest BCUT2D eigenvalue weighted by molar-refractivity contribution is 5.96. The van der Waals surface area contributed by atoms with Crippen LogP contribution in [-0.2, 0) is 21.9 Å². The van der Waals surface area contributed by atoms with Crippen LogP contribution in [0.25, 0.3) is 0 Å². The number of carbonyl (C=O) groups is 2. The summed E-state index contributed by atoms with van der Waals surface area (Å²) in [7, 11) is 0. The number of carbonyl (C=O) groups excluding carboxylic acids is 2. The zero-order valence-corrected chi connectivity index (χ0v) is 15.4. The van der Waals surface area contributed by atoms with Crippen LogP contribution in [-0.4, -0.2) is 23.4 Å². The SMILES string of the molecule is Cc1c(C(=O)OCC(=O)Nc2cc(C(F)(F)F)cc(C(F)(F)F)c2)cccc1[N+](=O)[O-]. The normalized spacial score (nSPS) is 11.7. The minimum atomic E-state index is -5.10. The maximum absolute atomic E-state index is 12.8. The first-order valence-corrected chi connectivity index (χ1v) is 8.20. The lowest BCUT2D eigenvalue weighted by molar-refractivity contribution is -0.385. The van der Waals surface area contributed by atoms with Crippen molar-refractivity contribution in [3.8, 4) is 0 Å². The molecule has 13 heteroatoms. The van der Waals surface area contributed by atoms with Gasteiger partial charge in [0.1, 0.15) is 0 Å². The van der Waals surface area contributed by atoms with Crippen molar-refractivity contribution in [2.75, 3.05) is 11.9 Å². The fourth-order valence-electron chi connectivity index (χ4n) is 2.48. The number of benzene rings is 2. The lowest BCUT2D eigenvalue weighted by Crippen LogP contribution is -2.22. The first-order chi connectivity index (χ1) is 14.2. The van der Waals surface area contributed by atoms with Crippen molar-refractivity contribution >= 4 is 23.3 Å². The number of anilines is 1. The highest BCUT2D eigenvalue weighted by Gasteiger charge is 2.37. The fourth-order valence-corrected chi connectivity index (χ4v) is 2.48. The molecule has 7 nitrogen and oxygen atoms in total. The molecule has 0 bridgehead atoms. The van der Waals surface area contributed by atoms with E-state index in [2.05, 4.69) is 4.74 Å². The average Bonchev–Trinajstić information content (AvgIpc) is 2.64. The molecule has 0 saturated heterocycles. The molecular formula is C18H12F6N2O5. The highest BCUT2D eigenvalue weighted by Crippen LogP contribution is 2.37. The Hall–Kier alpha value is -3.64. The molecule has 2 rings (SSSR count). The predicted octanol–water partition coefficient (Wildman–Crippen LogP) is 4.74. The Labute approximate surface area is 169 Å². The van der Waals surface area contributed by atoms with E-state index in [1.165, 1.54) is 19.1 Å². The molecule has 0 unspecified atom stereocenters. The first kappa shape index (κ1) is 23.6. The van der Waals surface area contributed by atoms with Crippen LogP contribution in [0.3, 0.4) is 0 Å². The maximum atomic E-state index is 12.8. The molecule has 31 heavy (non-hydrogen) atoms. The van der Waals surface area contributed by atoms with E-state index in [9.17, 15) is 46.0 Å². The monoisotopic (exact) mass is 450 g/mol. The van der Waals surface area contributed by atoms with E-state index in [0.29, 0.717) is 12.1 Å². The number of rotatable bonds is 5. The number of esters is 1. The van der Waals surface area contributed by atoms with E-state index >= 15 is 0 Å². The molecule has 1 amide bonds. The standard InChI is InChI=1S/C18H12F6N2O5/c1-9-13(3-2-4-14(9)26(29)30)16(28)31-8-15(27)25-12-6-10(17(19,20)21)5-11(7-12)18(22,23)24/h2-7H,8H2,1H3,(H,25,27). The molecule has 0 atom stereocenters. The minimum Gasteiger partial charge on any atom is -0.452 e. The summed E-state index contributed by atoms with van der Waals surface area (Å²) in [6, 6.07) is 3.98. The second-order valence-electron chi connectivity index (χ2n) is 6.13. The lowest BCUT2D eigenvalue weighted by Gasteiger charge is -2.15. The van der Waals surface area contributed by atoms with Gasteiger partial charge in [-0.1, -0.05) is 6.07 Å². The van der Waals surface area contributed by atoms with Gasteiger partial charge in [0.25, 0.3) is 11.6 Å². The maximum Gasteiger partial charge on any atom is 0.416 e. The van der Waals surface area contributed by atoms with Crippen molar-refractivity contribution < 1.29 is 45.6 Å². The van der Waals surface area contributed by atoms with Gasteiger partial charge in [0.2, 0.25) is 0 Å². The average molecular weight is 450 g/mol. The molecule has 0 aromatic heterocycles. The summed E-state index contributed by atoms with van der Waals surface area (Å²) in [5.74, 6) is -2.36. The molecule has 1 N–H and O–H groups in total. The number of hydrogen-bond donors (Lipinski definition) is 1. The Morgan fingerprint density at radius 2 is 1.58 bits per heavy atom. The zero-order chi connectivity index (χ0) is 23.6. The molecule has 0 fully saturated rings. The van der Waals surface area contributed by atoms with Crippen molar-refractivity contribution in [1.82, 2.24) is 0 Å². The van der Waals surface area contributed by atoms with E-state index < -0.39 is 52.6 Å². The molecule has 2 aromatic carbocycles. The van der Waals surface area contributed by atoms with E-state index in [-0.39, 0.29) is 22.9 Å². The van der Waals surface area contributed by atoms with Gasteiger partial charge in [0, 0.05) is 17.3 Å². The Bertz CT molecular complexity index is 1000. The second kappa shape index (κ2) is 8.62. The van der Waals surface area contributed by atoms with Gasteiger partial charge >= 0.3 is 18.3 Å². The fraction of sp³-hybridized carbons (Fsp3) is 0.222. The quantitative estimate of drug-likeness (QED) is 0.307. The van der Waals surface area contributed by atoms with Crippen LogP contribution in [0.1, 0.15) is 27.0 Å². The van der Waals surface area contributed by atoms with E-state index in [1.54, 1.807) is 5.32 Å². The molecule has 2 aromatic rings. The third kappa shape index (κ3) is 5.93. The summed E-state index contributed by atoms with van der Waals surface area (Å²) in [6.45, 7) is 0.203. The summed E-state index contributed by atoms with van der Waals surface area (Å²) < 4.78 is 81.7. The number of halogens is 6. The molecule has 0 aliphatic carbocycles. The van der Waals surface area contributed by atoms with Gasteiger partial charge in [-0.25, -0.2) is 4.79 Å². The molecule has 0 radical (unpaired) electrons. The second-order valence-corrected chi connectivity index (χ2v) is 6.13. The predicted molar refractivity (Wildman–Crippen MR) is 93.2 cm³/mol. The van der Waals surface area contributed by atoms with Crippen molar-refractivity contribution in [1.29, 1.82) is 0 Å². The molecule has 0 saturated carbocycles. The summed E-state index contributed by atoms with van der Waals surface area (Å²) >= 11 is 0. The third-order valence-electron chi connectivity index (χ3n) is 3.93. The van der Waals surface area contributed by atoms with Crippen molar-refractivity contribution in [2.45, 2.75) is 19.3 Å². The van der Waals surface area contributed by atoms with Gasteiger partial charge in [0.15, 0.2) is 6.61 Å². The third-order valence-corrected chi connectivity index (χ3v) is 3.93. The number of ether oxygens (including phenoxy) is 1. The van der Waals surface area contributed by atoms with Crippen LogP contribution < -0.4 is 5.32 Å². The van der Waals surface area contributed by atoms with Crippen molar-refractivity contribution in [3.63, 3.8) is 0 Å². The van der Waals surface area contributed by atoms with Crippen molar-refractivity contribution in [3.05, 3.63) is 68.8 Å². The van der Waals surface area contributed by atoms with E-state index in [4.69, 9.17) is 0 Å². The number of nitro groups is 1. The van der Waals surface area contributed by atoms with E-state index in [0.717, 1.165) is 6.07 Å². The van der Waals surface area contributed by atoms with Gasteiger partial charge in [0.05, 0.1) is 21.6 Å². The molecule has 0 aliphatic heterocycles. The number of hydrogen-bond acceptors (Lipinski definition) is 5. The summed E-state index contributed by atoms with van der Waals surface area (Å²) in [4.78, 5) is 34.1. The van der Waals surface area contributed by atoms with Crippen LogP contribution >= 0.6 is 0 Å². The number of amides is 1. The smallest absolute Gasteiger partial charge is 0.416 e. The zero-order valence-electron chi connectivity index (χ0n) is 15.4. The molecule has 0 spiro atoms. The topological polar surface area (TPSA) is 98.5 Å². The van der Waals surface area contributed by atoms with Crippen LogP contribution in [0, 0.1) is 17.0 Å². The Morgan fingerprint density at radius 3 is 2.06 bits per heavy atom. The van der Waals surface area contributed by atoms with Crippen LogP contribution in [0.4, 0.5) is 37.7 Å². The van der Waals surface area contributed by atoms with Gasteiger partial charge < -0.3 is 10.1 Å². The molecular weight excluding hydrogens is 438 g/mol. The van der Waals surface area contributed by atoms with Gasteiger partial charge in [-0.15, -0.1) is 0 Å². The largest absolute Gasteiger partial charge is 0.452 e. The summed E-state index contributed by atoms with van der Waals surface area (Å²) in [5.41, 5.74) is -4.76. The Kier molecular flexibility index (Phi) is 6.57. The molecule has 166 valence electrons. The van der Waals surface area contributed by atoms with Crippen LogP contribution in [0.15, 0.2) is 36.4 Å². The van der Waals surface area contributed by atoms with E-state index in [1.807, 2.05) is 0 Å². The number of alkyl halides is 6. The van der Waals surface area contributed by atoms with Gasteiger partial charge in [-0.3, -0.25) is 14.9 Å². The number of nitro benzene ring substituents is 1. The number of nitrogens with zero attached hydrogens (tertiary/aromatic N) is 1. The molecule has 0 heterocycles. The minimum absolute atomic E-state index is 0.0504. The Balaban J connectivity index is 2.15.